The lowest BCUT2D eigenvalue weighted by atomic mass is 10.2. The lowest BCUT2D eigenvalue weighted by Gasteiger charge is -2.10. The fourth-order valence-corrected chi connectivity index (χ4v) is 1.68. The zero-order chi connectivity index (χ0) is 15.1. The van der Waals surface area contributed by atoms with Gasteiger partial charge in [0.15, 0.2) is 0 Å². The number of carbonyl (C=O) groups is 2. The molecule has 0 aliphatic rings. The predicted octanol–water partition coefficient (Wildman–Crippen LogP) is 1.83. The first-order valence-corrected chi connectivity index (χ1v) is 6.32. The van der Waals surface area contributed by atoms with Gasteiger partial charge in [0.1, 0.15) is 12.4 Å². The molecule has 8 heteroatoms. The Balaban J connectivity index is 2.59. The highest BCUT2D eigenvalue weighted by Crippen LogP contribution is 2.30. The van der Waals surface area contributed by atoms with Crippen LogP contribution in [-0.2, 0) is 9.53 Å². The summed E-state index contributed by atoms with van der Waals surface area (Å²) < 4.78 is 9.84. The van der Waals surface area contributed by atoms with Crippen molar-refractivity contribution in [2.24, 2.45) is 0 Å². The molecular formula is C12H13Cl2NO5. The van der Waals surface area contributed by atoms with E-state index >= 15 is 0 Å². The minimum atomic E-state index is -1.07. The number of carboxylic acid groups (broad SMARTS) is 1. The summed E-state index contributed by atoms with van der Waals surface area (Å²) in [4.78, 5) is 22.1. The van der Waals surface area contributed by atoms with Crippen LogP contribution in [-0.4, -0.2) is 43.9 Å². The van der Waals surface area contributed by atoms with E-state index in [-0.39, 0.29) is 28.8 Å². The molecule has 0 unspecified atom stereocenters. The van der Waals surface area contributed by atoms with Crippen LogP contribution in [0.2, 0.25) is 10.0 Å². The number of rotatable bonds is 7. The van der Waals surface area contributed by atoms with Gasteiger partial charge in [0, 0.05) is 12.6 Å². The van der Waals surface area contributed by atoms with Gasteiger partial charge in [0.2, 0.25) is 0 Å². The van der Waals surface area contributed by atoms with Crippen LogP contribution >= 0.6 is 23.2 Å². The molecule has 1 aromatic carbocycles. The summed E-state index contributed by atoms with van der Waals surface area (Å²) in [6, 6.07) is 2.84. The van der Waals surface area contributed by atoms with Gasteiger partial charge in [0.25, 0.3) is 5.91 Å². The van der Waals surface area contributed by atoms with Gasteiger partial charge in [-0.2, -0.15) is 0 Å². The lowest BCUT2D eigenvalue weighted by Crippen LogP contribution is -2.28. The summed E-state index contributed by atoms with van der Waals surface area (Å²) in [6.45, 7) is -0.164. The number of benzene rings is 1. The topological polar surface area (TPSA) is 84.9 Å². The first-order chi connectivity index (χ1) is 9.45. The number of aliphatic carboxylic acids is 1. The van der Waals surface area contributed by atoms with E-state index in [1.54, 1.807) is 0 Å². The van der Waals surface area contributed by atoms with Crippen LogP contribution in [0.1, 0.15) is 10.4 Å². The van der Waals surface area contributed by atoms with Crippen LogP contribution in [0.25, 0.3) is 0 Å². The molecule has 2 N–H and O–H groups in total. The number of halogens is 2. The van der Waals surface area contributed by atoms with Crippen molar-refractivity contribution in [2.45, 2.75) is 0 Å². The Morgan fingerprint density at radius 1 is 1.30 bits per heavy atom. The quantitative estimate of drug-likeness (QED) is 0.748. The molecule has 0 aromatic heterocycles. The third-order valence-electron chi connectivity index (χ3n) is 2.24. The summed E-state index contributed by atoms with van der Waals surface area (Å²) in [7, 11) is 1.41. The van der Waals surface area contributed by atoms with Crippen molar-refractivity contribution in [1.82, 2.24) is 5.32 Å². The highest BCUT2D eigenvalue weighted by atomic mass is 35.5. The van der Waals surface area contributed by atoms with E-state index in [1.807, 2.05) is 0 Å². The van der Waals surface area contributed by atoms with Gasteiger partial charge in [-0.15, -0.1) is 0 Å². The van der Waals surface area contributed by atoms with E-state index < -0.39 is 18.5 Å². The summed E-state index contributed by atoms with van der Waals surface area (Å²) in [5, 5.41) is 11.4. The first kappa shape index (κ1) is 16.6. The molecule has 0 spiro atoms. The van der Waals surface area contributed by atoms with E-state index in [4.69, 9.17) is 37.8 Å². The number of amides is 1. The Morgan fingerprint density at radius 2 is 1.95 bits per heavy atom. The first-order valence-electron chi connectivity index (χ1n) is 5.56. The molecule has 0 heterocycles. The number of methoxy groups -OCH3 is 1. The smallest absolute Gasteiger partial charge is 0.329 e. The van der Waals surface area contributed by atoms with Crippen molar-refractivity contribution < 1.29 is 24.2 Å². The highest BCUT2D eigenvalue weighted by Gasteiger charge is 2.14. The number of carboxylic acids is 1. The Hall–Kier alpha value is -1.50. The molecule has 110 valence electrons. The fourth-order valence-electron chi connectivity index (χ4n) is 1.37. The van der Waals surface area contributed by atoms with Crippen LogP contribution in [0.3, 0.4) is 0 Å². The average Bonchev–Trinajstić information content (AvgIpc) is 2.40. The van der Waals surface area contributed by atoms with Crippen molar-refractivity contribution >= 4 is 35.1 Å². The maximum atomic E-state index is 11.9. The minimum Gasteiger partial charge on any atom is -0.496 e. The molecule has 20 heavy (non-hydrogen) atoms. The molecule has 6 nitrogen and oxygen atoms in total. The molecule has 0 bridgehead atoms. The van der Waals surface area contributed by atoms with Crippen molar-refractivity contribution in [3.8, 4) is 5.75 Å². The monoisotopic (exact) mass is 321 g/mol. The predicted molar refractivity (Wildman–Crippen MR) is 73.8 cm³/mol. The van der Waals surface area contributed by atoms with Gasteiger partial charge >= 0.3 is 5.97 Å². The van der Waals surface area contributed by atoms with Crippen LogP contribution in [0.4, 0.5) is 0 Å². The molecular weight excluding hydrogens is 309 g/mol. The Bertz CT molecular complexity index is 507. The van der Waals surface area contributed by atoms with Crippen LogP contribution in [0.15, 0.2) is 12.1 Å². The van der Waals surface area contributed by atoms with Gasteiger partial charge in [0.05, 0.1) is 29.3 Å². The molecule has 1 aromatic rings. The molecule has 0 saturated heterocycles. The summed E-state index contributed by atoms with van der Waals surface area (Å²) in [5.41, 5.74) is 0.236. The second-order valence-electron chi connectivity index (χ2n) is 3.67. The lowest BCUT2D eigenvalue weighted by molar-refractivity contribution is -0.142. The normalized spacial score (nSPS) is 10.2. The van der Waals surface area contributed by atoms with Gasteiger partial charge in [-0.3, -0.25) is 4.79 Å². The maximum absolute atomic E-state index is 11.9. The van der Waals surface area contributed by atoms with Crippen molar-refractivity contribution in [3.63, 3.8) is 0 Å². The SMILES string of the molecule is COc1cc(Cl)c(Cl)cc1C(=O)NCCOCC(=O)O. The Labute approximate surface area is 125 Å². The number of hydrogen-bond acceptors (Lipinski definition) is 4. The van der Waals surface area contributed by atoms with Gasteiger partial charge < -0.3 is 19.9 Å². The minimum absolute atomic E-state index is 0.0850. The van der Waals surface area contributed by atoms with E-state index in [2.05, 4.69) is 5.32 Å². The fraction of sp³-hybridized carbons (Fsp3) is 0.333. The molecule has 1 amide bonds. The number of hydrogen-bond donors (Lipinski definition) is 2. The van der Waals surface area contributed by atoms with E-state index in [0.717, 1.165) is 0 Å². The molecule has 1 rings (SSSR count). The standard InChI is InChI=1S/C12H13Cl2NO5/c1-19-10-5-9(14)8(13)4-7(10)12(18)15-2-3-20-6-11(16)17/h4-5H,2-3,6H2,1H3,(H,15,18)(H,16,17). The number of nitrogens with one attached hydrogen (secondary N) is 1. The van der Waals surface area contributed by atoms with Gasteiger partial charge in [-0.05, 0) is 6.07 Å². The van der Waals surface area contributed by atoms with Gasteiger partial charge in [-0.1, -0.05) is 23.2 Å². The maximum Gasteiger partial charge on any atom is 0.329 e. The third kappa shape index (κ3) is 4.88. The van der Waals surface area contributed by atoms with Crippen molar-refractivity contribution in [2.75, 3.05) is 26.9 Å². The third-order valence-corrected chi connectivity index (χ3v) is 2.97. The number of ether oxygens (including phenoxy) is 2. The largest absolute Gasteiger partial charge is 0.496 e. The van der Waals surface area contributed by atoms with E-state index in [0.29, 0.717) is 5.75 Å². The van der Waals surface area contributed by atoms with Crippen LogP contribution < -0.4 is 10.1 Å². The zero-order valence-electron chi connectivity index (χ0n) is 10.6. The average molecular weight is 322 g/mol. The molecule has 0 atom stereocenters. The molecule has 0 radical (unpaired) electrons. The Kier molecular flexibility index (Phi) is 6.57. The van der Waals surface area contributed by atoms with Crippen molar-refractivity contribution in [3.05, 3.63) is 27.7 Å². The molecule has 0 aliphatic carbocycles. The number of carbonyl (C=O) groups excluding carboxylic acids is 1. The van der Waals surface area contributed by atoms with Gasteiger partial charge in [-0.25, -0.2) is 4.79 Å². The summed E-state index contributed by atoms with van der Waals surface area (Å²) in [5.74, 6) is -1.19. The van der Waals surface area contributed by atoms with E-state index in [1.165, 1.54) is 19.2 Å². The summed E-state index contributed by atoms with van der Waals surface area (Å²) >= 11 is 11.7. The second kappa shape index (κ2) is 7.94. The molecule has 0 aliphatic heterocycles. The van der Waals surface area contributed by atoms with Crippen LogP contribution in [0.5, 0.6) is 5.75 Å². The van der Waals surface area contributed by atoms with Crippen LogP contribution in [0, 0.1) is 0 Å². The van der Waals surface area contributed by atoms with E-state index in [9.17, 15) is 9.59 Å². The molecule has 0 fully saturated rings. The zero-order valence-corrected chi connectivity index (χ0v) is 12.1. The highest BCUT2D eigenvalue weighted by molar-refractivity contribution is 6.42. The Morgan fingerprint density at radius 3 is 2.55 bits per heavy atom. The molecule has 0 saturated carbocycles. The van der Waals surface area contributed by atoms with Crippen molar-refractivity contribution in [1.29, 1.82) is 0 Å². The second-order valence-corrected chi connectivity index (χ2v) is 4.48. The summed E-state index contributed by atoms with van der Waals surface area (Å²) in [6.07, 6.45) is 0.